The van der Waals surface area contributed by atoms with E-state index in [9.17, 15) is 0 Å². The summed E-state index contributed by atoms with van der Waals surface area (Å²) in [4.78, 5) is 4.31. The molecular weight excluding hydrogens is 172 g/mol. The Hall–Kier alpha value is -1.31. The maximum Gasteiger partial charge on any atom is 0.0955 e. The third kappa shape index (κ3) is 1.41. The van der Waals surface area contributed by atoms with Crippen LogP contribution in [0, 0.1) is 0 Å². The summed E-state index contributed by atoms with van der Waals surface area (Å²) >= 11 is 0. The third-order valence-corrected chi connectivity index (χ3v) is 2.93. The van der Waals surface area contributed by atoms with Crippen molar-refractivity contribution in [3.05, 3.63) is 30.1 Å². The SMILES string of the molecule is CCC(C)c1ccc2ncn(C)c2c1. The summed E-state index contributed by atoms with van der Waals surface area (Å²) in [5, 5.41) is 0. The monoisotopic (exact) mass is 188 g/mol. The Labute approximate surface area is 84.6 Å². The van der Waals surface area contributed by atoms with Crippen molar-refractivity contribution in [3.63, 3.8) is 0 Å². The Morgan fingerprint density at radius 2 is 2.21 bits per heavy atom. The average Bonchev–Trinajstić information content (AvgIpc) is 2.59. The highest BCUT2D eigenvalue weighted by Crippen LogP contribution is 2.22. The van der Waals surface area contributed by atoms with Crippen LogP contribution in [0.2, 0.25) is 0 Å². The summed E-state index contributed by atoms with van der Waals surface area (Å²) in [6, 6.07) is 6.54. The number of nitrogens with zero attached hydrogens (tertiary/aromatic N) is 2. The molecule has 74 valence electrons. The van der Waals surface area contributed by atoms with E-state index in [2.05, 4.69) is 41.6 Å². The van der Waals surface area contributed by atoms with Crippen LogP contribution in [-0.2, 0) is 7.05 Å². The lowest BCUT2D eigenvalue weighted by atomic mass is 9.98. The largest absolute Gasteiger partial charge is 0.334 e. The van der Waals surface area contributed by atoms with E-state index >= 15 is 0 Å². The van der Waals surface area contributed by atoms with E-state index in [1.54, 1.807) is 0 Å². The van der Waals surface area contributed by atoms with Crippen LogP contribution in [0.5, 0.6) is 0 Å². The number of benzene rings is 1. The lowest BCUT2D eigenvalue weighted by molar-refractivity contribution is 0.734. The van der Waals surface area contributed by atoms with E-state index in [1.807, 2.05) is 13.4 Å². The summed E-state index contributed by atoms with van der Waals surface area (Å²) < 4.78 is 2.07. The lowest BCUT2D eigenvalue weighted by Gasteiger charge is -2.08. The van der Waals surface area contributed by atoms with E-state index in [4.69, 9.17) is 0 Å². The molecular formula is C12H16N2. The molecule has 0 amide bonds. The van der Waals surface area contributed by atoms with Gasteiger partial charge in [0.25, 0.3) is 0 Å². The van der Waals surface area contributed by atoms with Crippen molar-refractivity contribution in [1.29, 1.82) is 0 Å². The fourth-order valence-corrected chi connectivity index (χ4v) is 1.69. The lowest BCUT2D eigenvalue weighted by Crippen LogP contribution is -1.92. The van der Waals surface area contributed by atoms with Gasteiger partial charge in [-0.1, -0.05) is 19.9 Å². The number of aryl methyl sites for hydroxylation is 1. The summed E-state index contributed by atoms with van der Waals surface area (Å²) in [5.74, 6) is 0.634. The third-order valence-electron chi connectivity index (χ3n) is 2.93. The first-order valence-corrected chi connectivity index (χ1v) is 5.13. The molecule has 0 bridgehead atoms. The average molecular weight is 188 g/mol. The standard InChI is InChI=1S/C12H16N2/c1-4-9(2)10-5-6-11-12(7-10)14(3)8-13-11/h5-9H,4H2,1-3H3. The van der Waals surface area contributed by atoms with Crippen LogP contribution in [-0.4, -0.2) is 9.55 Å². The summed E-state index contributed by atoms with van der Waals surface area (Å²) in [5.41, 5.74) is 3.71. The molecule has 0 radical (unpaired) electrons. The molecule has 0 spiro atoms. The second-order valence-electron chi connectivity index (χ2n) is 3.91. The van der Waals surface area contributed by atoms with E-state index < -0.39 is 0 Å². The number of aromatic nitrogens is 2. The van der Waals surface area contributed by atoms with E-state index in [0.717, 1.165) is 5.52 Å². The number of imidazole rings is 1. The van der Waals surface area contributed by atoms with Crippen molar-refractivity contribution >= 4 is 11.0 Å². The van der Waals surface area contributed by atoms with Crippen molar-refractivity contribution in [2.24, 2.45) is 7.05 Å². The molecule has 1 aromatic heterocycles. The Kier molecular flexibility index (Phi) is 2.28. The van der Waals surface area contributed by atoms with Crippen LogP contribution in [0.25, 0.3) is 11.0 Å². The van der Waals surface area contributed by atoms with Gasteiger partial charge in [-0.2, -0.15) is 0 Å². The number of rotatable bonds is 2. The predicted molar refractivity (Wildman–Crippen MR) is 59.4 cm³/mol. The van der Waals surface area contributed by atoms with Gasteiger partial charge in [-0.15, -0.1) is 0 Å². The van der Waals surface area contributed by atoms with Crippen molar-refractivity contribution in [1.82, 2.24) is 9.55 Å². The van der Waals surface area contributed by atoms with E-state index in [-0.39, 0.29) is 0 Å². The van der Waals surface area contributed by atoms with Crippen LogP contribution < -0.4 is 0 Å². The molecule has 2 aromatic rings. The molecule has 2 rings (SSSR count). The van der Waals surface area contributed by atoms with Gasteiger partial charge >= 0.3 is 0 Å². The molecule has 1 aromatic carbocycles. The maximum atomic E-state index is 4.31. The molecule has 2 heteroatoms. The fourth-order valence-electron chi connectivity index (χ4n) is 1.69. The van der Waals surface area contributed by atoms with Crippen LogP contribution in [0.15, 0.2) is 24.5 Å². The number of hydrogen-bond acceptors (Lipinski definition) is 1. The van der Waals surface area contributed by atoms with Gasteiger partial charge in [0.15, 0.2) is 0 Å². The zero-order valence-corrected chi connectivity index (χ0v) is 8.99. The molecule has 14 heavy (non-hydrogen) atoms. The van der Waals surface area contributed by atoms with Gasteiger partial charge in [0.05, 0.1) is 17.4 Å². The second-order valence-corrected chi connectivity index (χ2v) is 3.91. The van der Waals surface area contributed by atoms with E-state index in [0.29, 0.717) is 5.92 Å². The molecule has 2 nitrogen and oxygen atoms in total. The van der Waals surface area contributed by atoms with Crippen LogP contribution in [0.3, 0.4) is 0 Å². The van der Waals surface area contributed by atoms with Crippen LogP contribution in [0.1, 0.15) is 31.7 Å². The molecule has 0 N–H and O–H groups in total. The maximum absolute atomic E-state index is 4.31. The normalized spacial score (nSPS) is 13.4. The van der Waals surface area contributed by atoms with Gasteiger partial charge in [0.2, 0.25) is 0 Å². The zero-order chi connectivity index (χ0) is 10.1. The first-order chi connectivity index (χ1) is 6.72. The van der Waals surface area contributed by atoms with Crippen LogP contribution in [0.4, 0.5) is 0 Å². The first-order valence-electron chi connectivity index (χ1n) is 5.13. The van der Waals surface area contributed by atoms with Crippen molar-refractivity contribution in [2.45, 2.75) is 26.2 Å². The molecule has 0 aliphatic rings. The van der Waals surface area contributed by atoms with Gasteiger partial charge in [-0.05, 0) is 30.0 Å². The number of fused-ring (bicyclic) bond motifs is 1. The highest BCUT2D eigenvalue weighted by Gasteiger charge is 2.05. The molecule has 0 saturated carbocycles. The van der Waals surface area contributed by atoms with E-state index in [1.165, 1.54) is 17.5 Å². The minimum absolute atomic E-state index is 0.634. The van der Waals surface area contributed by atoms with Crippen molar-refractivity contribution in [3.8, 4) is 0 Å². The Morgan fingerprint density at radius 3 is 2.93 bits per heavy atom. The molecule has 1 unspecified atom stereocenters. The Balaban J connectivity index is 2.54. The molecule has 0 fully saturated rings. The highest BCUT2D eigenvalue weighted by molar-refractivity contribution is 5.76. The topological polar surface area (TPSA) is 17.8 Å². The minimum atomic E-state index is 0.634. The summed E-state index contributed by atoms with van der Waals surface area (Å²) in [6.45, 7) is 4.48. The molecule has 0 saturated heterocycles. The predicted octanol–water partition coefficient (Wildman–Crippen LogP) is 3.09. The van der Waals surface area contributed by atoms with Gasteiger partial charge in [0, 0.05) is 7.05 Å². The van der Waals surface area contributed by atoms with Gasteiger partial charge in [-0.3, -0.25) is 0 Å². The molecule has 1 atom stereocenters. The quantitative estimate of drug-likeness (QED) is 0.708. The highest BCUT2D eigenvalue weighted by atomic mass is 15.0. The molecule has 0 aliphatic carbocycles. The second kappa shape index (κ2) is 3.45. The Morgan fingerprint density at radius 1 is 1.43 bits per heavy atom. The summed E-state index contributed by atoms with van der Waals surface area (Å²) in [6.07, 6.45) is 3.05. The fraction of sp³-hybridized carbons (Fsp3) is 0.417. The first kappa shape index (κ1) is 9.25. The molecule has 0 aliphatic heterocycles. The van der Waals surface area contributed by atoms with Gasteiger partial charge in [0.1, 0.15) is 0 Å². The smallest absolute Gasteiger partial charge is 0.0955 e. The van der Waals surface area contributed by atoms with Gasteiger partial charge < -0.3 is 4.57 Å². The zero-order valence-electron chi connectivity index (χ0n) is 8.99. The van der Waals surface area contributed by atoms with Crippen molar-refractivity contribution < 1.29 is 0 Å². The number of hydrogen-bond donors (Lipinski definition) is 0. The van der Waals surface area contributed by atoms with Gasteiger partial charge in [-0.25, -0.2) is 4.98 Å². The Bertz CT molecular complexity index is 443. The minimum Gasteiger partial charge on any atom is -0.334 e. The van der Waals surface area contributed by atoms with Crippen LogP contribution >= 0.6 is 0 Å². The molecule has 1 heterocycles. The van der Waals surface area contributed by atoms with Crippen molar-refractivity contribution in [2.75, 3.05) is 0 Å². The summed E-state index contributed by atoms with van der Waals surface area (Å²) in [7, 11) is 2.04.